The Bertz CT molecular complexity index is 492. The van der Waals surface area contributed by atoms with Gasteiger partial charge in [-0.1, -0.05) is 40.2 Å². The smallest absolute Gasteiger partial charge is 0.132 e. The van der Waals surface area contributed by atoms with Gasteiger partial charge in [-0.15, -0.1) is 0 Å². The van der Waals surface area contributed by atoms with Gasteiger partial charge in [0.1, 0.15) is 5.78 Å². The predicted molar refractivity (Wildman–Crippen MR) is 72.9 cm³/mol. The molecule has 0 saturated heterocycles. The van der Waals surface area contributed by atoms with E-state index in [0.717, 1.165) is 32.1 Å². The van der Waals surface area contributed by atoms with Gasteiger partial charge in [0.25, 0.3) is 0 Å². The molecule has 1 aromatic rings. The van der Waals surface area contributed by atoms with Gasteiger partial charge >= 0.3 is 0 Å². The van der Waals surface area contributed by atoms with Gasteiger partial charge in [-0.05, 0) is 36.5 Å². The normalized spacial score (nSPS) is 21.6. The largest absolute Gasteiger partial charge is 0.300 e. The zero-order valence-electron chi connectivity index (χ0n) is 9.71. The van der Waals surface area contributed by atoms with Gasteiger partial charge in [0, 0.05) is 22.7 Å². The summed E-state index contributed by atoms with van der Waals surface area (Å²) in [6.07, 6.45) is 9.09. The zero-order valence-corrected chi connectivity index (χ0v) is 11.3. The lowest BCUT2D eigenvalue weighted by Gasteiger charge is -2.40. The minimum atomic E-state index is 0.224. The number of allylic oxidation sites excluding steroid dienone is 1. The number of rotatable bonds is 0. The van der Waals surface area contributed by atoms with E-state index in [1.54, 1.807) is 0 Å². The Kier molecular flexibility index (Phi) is 2.70. The van der Waals surface area contributed by atoms with E-state index in [4.69, 9.17) is 0 Å². The summed E-state index contributed by atoms with van der Waals surface area (Å²) < 4.78 is 1.17. The molecule has 2 aliphatic rings. The summed E-state index contributed by atoms with van der Waals surface area (Å²) in [5.41, 5.74) is 2.97. The van der Waals surface area contributed by atoms with Crippen molar-refractivity contribution in [2.24, 2.45) is 0 Å². The molecule has 1 fully saturated rings. The Morgan fingerprint density at radius 2 is 1.94 bits per heavy atom. The molecule has 0 aliphatic heterocycles. The minimum absolute atomic E-state index is 0.224. The van der Waals surface area contributed by atoms with Crippen LogP contribution in [0.15, 0.2) is 28.7 Å². The van der Waals surface area contributed by atoms with Crippen molar-refractivity contribution in [2.75, 3.05) is 0 Å². The summed E-state index contributed by atoms with van der Waals surface area (Å²) >= 11 is 3.63. The van der Waals surface area contributed by atoms with Gasteiger partial charge in [0.15, 0.2) is 0 Å². The van der Waals surface area contributed by atoms with Crippen molar-refractivity contribution >= 4 is 27.8 Å². The number of halogens is 1. The van der Waals surface area contributed by atoms with Crippen LogP contribution in [0.3, 0.4) is 0 Å². The Morgan fingerprint density at radius 1 is 1.18 bits per heavy atom. The summed E-state index contributed by atoms with van der Waals surface area (Å²) in [5, 5.41) is 0. The van der Waals surface area contributed by atoms with Crippen molar-refractivity contribution in [2.45, 2.75) is 37.5 Å². The third-order valence-electron chi connectivity index (χ3n) is 4.18. The summed E-state index contributed by atoms with van der Waals surface area (Å²) in [6, 6.07) is 6.44. The second kappa shape index (κ2) is 4.09. The number of hydrogen-bond acceptors (Lipinski definition) is 1. The molecule has 1 aromatic carbocycles. The fourth-order valence-electron chi connectivity index (χ4n) is 3.16. The average molecular weight is 291 g/mol. The van der Waals surface area contributed by atoms with Crippen LogP contribution in [-0.4, -0.2) is 5.78 Å². The lowest BCUT2D eigenvalue weighted by Crippen LogP contribution is -2.33. The van der Waals surface area contributed by atoms with Crippen LogP contribution in [0, 0.1) is 0 Å². The molecule has 0 bridgehead atoms. The third-order valence-corrected chi connectivity index (χ3v) is 4.87. The van der Waals surface area contributed by atoms with E-state index in [-0.39, 0.29) is 5.41 Å². The highest BCUT2D eigenvalue weighted by Crippen LogP contribution is 2.46. The van der Waals surface area contributed by atoms with E-state index < -0.39 is 0 Å². The van der Waals surface area contributed by atoms with E-state index in [1.165, 1.54) is 15.6 Å². The molecule has 1 saturated carbocycles. The number of carbonyl (C=O) groups is 1. The maximum Gasteiger partial charge on any atom is 0.132 e. The Balaban J connectivity index is 2.08. The first-order valence-corrected chi connectivity index (χ1v) is 6.98. The fraction of sp³-hybridized carbons (Fsp3) is 0.400. The van der Waals surface area contributed by atoms with Crippen LogP contribution in [0.2, 0.25) is 0 Å². The van der Waals surface area contributed by atoms with Crippen LogP contribution < -0.4 is 0 Å². The number of Topliss-reactive ketones (excluding diaryl/α,β-unsaturated/α-hetero) is 1. The number of benzene rings is 1. The summed E-state index contributed by atoms with van der Waals surface area (Å²) in [7, 11) is 0. The molecule has 17 heavy (non-hydrogen) atoms. The SMILES string of the molecule is O=C1CCC2(CC=Cc3c(Br)cccc32)CC1. The standard InChI is InChI=1S/C15H15BrO/c16-14-5-1-4-13-12(14)3-2-8-15(13)9-6-11(17)7-10-15/h1-5H,6-10H2. The molecular formula is C15H15BrO. The molecule has 88 valence electrons. The quantitative estimate of drug-likeness (QED) is 0.698. The molecule has 0 unspecified atom stereocenters. The lowest BCUT2D eigenvalue weighted by molar-refractivity contribution is -0.121. The van der Waals surface area contributed by atoms with Crippen molar-refractivity contribution in [3.05, 3.63) is 39.9 Å². The second-order valence-electron chi connectivity index (χ2n) is 5.13. The first-order valence-electron chi connectivity index (χ1n) is 6.19. The molecular weight excluding hydrogens is 276 g/mol. The van der Waals surface area contributed by atoms with Gasteiger partial charge in [-0.25, -0.2) is 0 Å². The third kappa shape index (κ3) is 1.79. The monoisotopic (exact) mass is 290 g/mol. The van der Waals surface area contributed by atoms with Crippen molar-refractivity contribution < 1.29 is 4.79 Å². The summed E-state index contributed by atoms with van der Waals surface area (Å²) in [5.74, 6) is 0.432. The topological polar surface area (TPSA) is 17.1 Å². The molecule has 2 heteroatoms. The second-order valence-corrected chi connectivity index (χ2v) is 5.98. The number of fused-ring (bicyclic) bond motifs is 2. The lowest BCUT2D eigenvalue weighted by atomic mass is 9.64. The van der Waals surface area contributed by atoms with E-state index in [0.29, 0.717) is 5.78 Å². The summed E-state index contributed by atoms with van der Waals surface area (Å²) in [6.45, 7) is 0. The predicted octanol–water partition coefficient (Wildman–Crippen LogP) is 4.25. The zero-order chi connectivity index (χ0) is 11.9. The van der Waals surface area contributed by atoms with Crippen LogP contribution in [0.1, 0.15) is 43.2 Å². The van der Waals surface area contributed by atoms with Gasteiger partial charge in [0.05, 0.1) is 0 Å². The van der Waals surface area contributed by atoms with Crippen molar-refractivity contribution in [1.29, 1.82) is 0 Å². The molecule has 0 atom stereocenters. The van der Waals surface area contributed by atoms with E-state index in [1.807, 2.05) is 0 Å². The Morgan fingerprint density at radius 3 is 2.71 bits per heavy atom. The van der Waals surface area contributed by atoms with Crippen molar-refractivity contribution in [3.8, 4) is 0 Å². The average Bonchev–Trinajstić information content (AvgIpc) is 2.35. The maximum absolute atomic E-state index is 11.4. The first-order chi connectivity index (χ1) is 8.21. The van der Waals surface area contributed by atoms with Crippen molar-refractivity contribution in [3.63, 3.8) is 0 Å². The van der Waals surface area contributed by atoms with Gasteiger partial charge < -0.3 is 0 Å². The Labute approximate surface area is 110 Å². The van der Waals surface area contributed by atoms with Crippen molar-refractivity contribution in [1.82, 2.24) is 0 Å². The molecule has 0 N–H and O–H groups in total. The van der Waals surface area contributed by atoms with E-state index >= 15 is 0 Å². The highest BCUT2D eigenvalue weighted by molar-refractivity contribution is 9.10. The van der Waals surface area contributed by atoms with Crippen LogP contribution in [0.5, 0.6) is 0 Å². The van der Waals surface area contributed by atoms with Crippen LogP contribution in [0.25, 0.3) is 6.08 Å². The molecule has 0 heterocycles. The minimum Gasteiger partial charge on any atom is -0.300 e. The highest BCUT2D eigenvalue weighted by Gasteiger charge is 2.38. The molecule has 2 aliphatic carbocycles. The highest BCUT2D eigenvalue weighted by atomic mass is 79.9. The number of hydrogen-bond donors (Lipinski definition) is 0. The van der Waals surface area contributed by atoms with Gasteiger partial charge in [-0.2, -0.15) is 0 Å². The van der Waals surface area contributed by atoms with Crippen LogP contribution in [-0.2, 0) is 10.2 Å². The summed E-state index contributed by atoms with van der Waals surface area (Å²) in [4.78, 5) is 11.4. The first kappa shape index (κ1) is 11.2. The number of ketones is 1. The van der Waals surface area contributed by atoms with Crippen LogP contribution in [0.4, 0.5) is 0 Å². The van der Waals surface area contributed by atoms with Crippen LogP contribution >= 0.6 is 15.9 Å². The number of carbonyl (C=O) groups excluding carboxylic acids is 1. The van der Waals surface area contributed by atoms with E-state index in [9.17, 15) is 4.79 Å². The maximum atomic E-state index is 11.4. The molecule has 1 nitrogen and oxygen atoms in total. The molecule has 3 rings (SSSR count). The Hall–Kier alpha value is -0.890. The van der Waals surface area contributed by atoms with Gasteiger partial charge in [-0.3, -0.25) is 4.79 Å². The molecule has 1 spiro atoms. The van der Waals surface area contributed by atoms with E-state index in [2.05, 4.69) is 46.3 Å². The molecule has 0 amide bonds. The molecule has 0 aromatic heterocycles. The molecule has 0 radical (unpaired) electrons. The van der Waals surface area contributed by atoms with Gasteiger partial charge in [0.2, 0.25) is 0 Å². The fourth-order valence-corrected chi connectivity index (χ4v) is 3.66.